The number of pyridine rings is 1. The second-order valence-electron chi connectivity index (χ2n) is 10.0. The van der Waals surface area contributed by atoms with E-state index in [1.807, 2.05) is 35.2 Å². The van der Waals surface area contributed by atoms with Crippen LogP contribution in [0.15, 0.2) is 59.5 Å². The minimum absolute atomic E-state index is 0.0524. The van der Waals surface area contributed by atoms with Crippen LogP contribution in [0.25, 0.3) is 0 Å². The standard InChI is InChI=1S/C28H25F2N3O4/c29-19-7-6-18(22(30)12-19)13-31-26(35)21-14-32-16-28-10-8-20(9-11-28)33(28)27(36)23(32)25(24(21)34)37-15-17-4-2-1-3-5-17/h1-7,12,14,20H,8-11,13,15-16H2,(H,31,35). The molecule has 2 saturated heterocycles. The molecule has 7 nitrogen and oxygen atoms in total. The van der Waals surface area contributed by atoms with Crippen molar-refractivity contribution in [1.82, 2.24) is 14.8 Å². The lowest BCUT2D eigenvalue weighted by molar-refractivity contribution is 0.0487. The Morgan fingerprint density at radius 3 is 2.57 bits per heavy atom. The zero-order valence-electron chi connectivity index (χ0n) is 20.0. The number of carbonyl (C=O) groups is 2. The summed E-state index contributed by atoms with van der Waals surface area (Å²) in [5.41, 5.74) is -0.156. The predicted molar refractivity (Wildman–Crippen MR) is 130 cm³/mol. The Hall–Kier alpha value is -4.01. The van der Waals surface area contributed by atoms with E-state index in [2.05, 4.69) is 5.32 Å². The zero-order chi connectivity index (χ0) is 25.7. The first kappa shape index (κ1) is 23.4. The lowest BCUT2D eigenvalue weighted by Gasteiger charge is -2.41. The number of fused-ring (bicyclic) bond motifs is 1. The van der Waals surface area contributed by atoms with Gasteiger partial charge in [-0.15, -0.1) is 0 Å². The van der Waals surface area contributed by atoms with Crippen molar-refractivity contribution in [2.24, 2.45) is 0 Å². The van der Waals surface area contributed by atoms with Crippen molar-refractivity contribution in [2.75, 3.05) is 0 Å². The van der Waals surface area contributed by atoms with Gasteiger partial charge in [0.1, 0.15) is 23.8 Å². The van der Waals surface area contributed by atoms with Crippen LogP contribution in [0, 0.1) is 11.6 Å². The summed E-state index contributed by atoms with van der Waals surface area (Å²) >= 11 is 0. The molecule has 3 aliphatic heterocycles. The molecule has 2 aromatic carbocycles. The number of rotatable bonds is 6. The average molecular weight is 506 g/mol. The predicted octanol–water partition coefficient (Wildman–Crippen LogP) is 3.79. The fraction of sp³-hybridized carbons (Fsp3) is 0.321. The molecule has 3 aromatic rings. The summed E-state index contributed by atoms with van der Waals surface area (Å²) in [6.45, 7) is 0.293. The van der Waals surface area contributed by atoms with Gasteiger partial charge in [0.05, 0.1) is 5.54 Å². The normalized spacial score (nSPS) is 21.5. The molecule has 0 saturated carbocycles. The van der Waals surface area contributed by atoms with Gasteiger partial charge in [-0.2, -0.15) is 0 Å². The zero-order valence-corrected chi connectivity index (χ0v) is 20.0. The molecule has 0 aliphatic carbocycles. The summed E-state index contributed by atoms with van der Waals surface area (Å²) in [5, 5.41) is 2.55. The van der Waals surface area contributed by atoms with Gasteiger partial charge in [-0.25, -0.2) is 8.78 Å². The molecule has 2 bridgehead atoms. The highest BCUT2D eigenvalue weighted by atomic mass is 19.1. The SMILES string of the molecule is O=C(NCc1ccc(F)cc1F)c1cn2c(c(OCc3ccccc3)c1=O)C(=O)N1C3CCC1(CC3)C2. The monoisotopic (exact) mass is 505 g/mol. The molecule has 2 amide bonds. The number of ether oxygens (including phenoxy) is 1. The first-order valence-electron chi connectivity index (χ1n) is 12.4. The van der Waals surface area contributed by atoms with Gasteiger partial charge in [0.25, 0.3) is 11.8 Å². The Bertz CT molecular complexity index is 1460. The van der Waals surface area contributed by atoms with Gasteiger partial charge in [-0.3, -0.25) is 14.4 Å². The van der Waals surface area contributed by atoms with E-state index in [1.165, 1.54) is 12.3 Å². The topological polar surface area (TPSA) is 80.6 Å². The highest BCUT2D eigenvalue weighted by Crippen LogP contribution is 2.50. The summed E-state index contributed by atoms with van der Waals surface area (Å²) < 4.78 is 34.9. The third-order valence-electron chi connectivity index (χ3n) is 7.81. The molecule has 0 spiro atoms. The Morgan fingerprint density at radius 1 is 1.08 bits per heavy atom. The smallest absolute Gasteiger partial charge is 0.275 e. The number of halogens is 2. The Balaban J connectivity index is 1.37. The van der Waals surface area contributed by atoms with Crippen LogP contribution in [-0.2, 0) is 19.7 Å². The van der Waals surface area contributed by atoms with Crippen molar-refractivity contribution in [3.63, 3.8) is 0 Å². The molecule has 4 heterocycles. The fourth-order valence-electron chi connectivity index (χ4n) is 6.02. The minimum atomic E-state index is -0.795. The molecule has 0 unspecified atom stereocenters. The maximum atomic E-state index is 14.1. The highest BCUT2D eigenvalue weighted by molar-refractivity contribution is 6.00. The van der Waals surface area contributed by atoms with E-state index in [-0.39, 0.29) is 53.2 Å². The Kier molecular flexibility index (Phi) is 5.58. The number of nitrogens with zero attached hydrogens (tertiary/aromatic N) is 2. The van der Waals surface area contributed by atoms with Crippen LogP contribution in [0.1, 0.15) is 57.7 Å². The molecule has 37 heavy (non-hydrogen) atoms. The molecule has 1 N–H and O–H groups in total. The summed E-state index contributed by atoms with van der Waals surface area (Å²) in [4.78, 5) is 42.3. The van der Waals surface area contributed by atoms with Gasteiger partial charge in [0.15, 0.2) is 11.4 Å². The van der Waals surface area contributed by atoms with Crippen LogP contribution in [-0.4, -0.2) is 32.9 Å². The molecular formula is C28H25F2N3O4. The summed E-state index contributed by atoms with van der Waals surface area (Å²) in [7, 11) is 0. The van der Waals surface area contributed by atoms with Crippen LogP contribution in [0.4, 0.5) is 8.78 Å². The number of hydrogen-bond donors (Lipinski definition) is 1. The molecule has 1 aromatic heterocycles. The molecule has 6 rings (SSSR count). The molecule has 2 fully saturated rings. The largest absolute Gasteiger partial charge is 0.483 e. The second kappa shape index (κ2) is 8.83. The van der Waals surface area contributed by atoms with E-state index in [4.69, 9.17) is 4.74 Å². The van der Waals surface area contributed by atoms with Gasteiger partial charge in [-0.1, -0.05) is 36.4 Å². The van der Waals surface area contributed by atoms with Crippen LogP contribution < -0.4 is 15.5 Å². The third kappa shape index (κ3) is 3.89. The van der Waals surface area contributed by atoms with Gasteiger partial charge in [0.2, 0.25) is 5.43 Å². The van der Waals surface area contributed by atoms with E-state index in [1.54, 1.807) is 4.57 Å². The maximum Gasteiger partial charge on any atom is 0.275 e. The lowest BCUT2D eigenvalue weighted by atomic mass is 9.86. The third-order valence-corrected chi connectivity index (χ3v) is 7.81. The molecule has 9 heteroatoms. The highest BCUT2D eigenvalue weighted by Gasteiger charge is 2.57. The summed E-state index contributed by atoms with van der Waals surface area (Å²) in [5.74, 6) is -2.64. The van der Waals surface area contributed by atoms with E-state index in [0.717, 1.165) is 43.4 Å². The number of hydrogen-bond acceptors (Lipinski definition) is 4. The van der Waals surface area contributed by atoms with E-state index >= 15 is 0 Å². The molecule has 190 valence electrons. The van der Waals surface area contributed by atoms with Gasteiger partial charge in [0, 0.05) is 37.0 Å². The molecular weight excluding hydrogens is 480 g/mol. The quantitative estimate of drug-likeness (QED) is 0.553. The number of amides is 2. The van der Waals surface area contributed by atoms with Crippen molar-refractivity contribution >= 4 is 11.8 Å². The van der Waals surface area contributed by atoms with Gasteiger partial charge < -0.3 is 19.5 Å². The van der Waals surface area contributed by atoms with E-state index in [0.29, 0.717) is 6.54 Å². The minimum Gasteiger partial charge on any atom is -0.483 e. The molecule has 0 radical (unpaired) electrons. The molecule has 0 atom stereocenters. The fourth-order valence-corrected chi connectivity index (χ4v) is 6.02. The van der Waals surface area contributed by atoms with Crippen LogP contribution in [0.3, 0.4) is 0 Å². The lowest BCUT2D eigenvalue weighted by Crippen LogP contribution is -2.53. The van der Waals surface area contributed by atoms with Crippen molar-refractivity contribution in [1.29, 1.82) is 0 Å². The van der Waals surface area contributed by atoms with Gasteiger partial charge >= 0.3 is 0 Å². The first-order chi connectivity index (χ1) is 17.9. The molecule has 3 aliphatic rings. The number of benzene rings is 2. The number of carbonyl (C=O) groups excluding carboxylic acids is 2. The number of nitrogens with one attached hydrogen (secondary N) is 1. The van der Waals surface area contributed by atoms with Crippen LogP contribution >= 0.6 is 0 Å². The second-order valence-corrected chi connectivity index (χ2v) is 10.0. The average Bonchev–Trinajstić information content (AvgIpc) is 3.44. The Labute approximate surface area is 211 Å². The Morgan fingerprint density at radius 2 is 1.84 bits per heavy atom. The van der Waals surface area contributed by atoms with Crippen molar-refractivity contribution in [2.45, 2.75) is 57.0 Å². The van der Waals surface area contributed by atoms with Crippen molar-refractivity contribution in [3.8, 4) is 5.75 Å². The summed E-state index contributed by atoms with van der Waals surface area (Å²) in [6.07, 6.45) is 5.00. The first-order valence-corrected chi connectivity index (χ1v) is 12.4. The van der Waals surface area contributed by atoms with E-state index in [9.17, 15) is 23.2 Å². The summed E-state index contributed by atoms with van der Waals surface area (Å²) in [6, 6.07) is 12.5. The van der Waals surface area contributed by atoms with Gasteiger partial charge in [-0.05, 0) is 37.3 Å². The number of aromatic nitrogens is 1. The van der Waals surface area contributed by atoms with Crippen LogP contribution in [0.2, 0.25) is 0 Å². The van der Waals surface area contributed by atoms with Crippen molar-refractivity contribution in [3.05, 3.63) is 99.0 Å². The van der Waals surface area contributed by atoms with Crippen LogP contribution in [0.5, 0.6) is 5.75 Å². The van der Waals surface area contributed by atoms with Crippen molar-refractivity contribution < 1.29 is 23.1 Å². The van der Waals surface area contributed by atoms with E-state index < -0.39 is 23.0 Å². The maximum absolute atomic E-state index is 14.1.